The number of halogens is 2. The highest BCUT2D eigenvalue weighted by molar-refractivity contribution is 6.41. The zero-order valence-electron chi connectivity index (χ0n) is 27.5. The molecule has 8 rings (SSSR count). The number of fused-ring (bicyclic) bond motifs is 5. The van der Waals surface area contributed by atoms with Gasteiger partial charge in [0.2, 0.25) is 5.91 Å². The van der Waals surface area contributed by atoms with E-state index in [-0.39, 0.29) is 5.91 Å². The largest absolute Gasteiger partial charge is 0.496 e. The smallest absolute Gasteiger partial charge is 0.247 e. The summed E-state index contributed by atoms with van der Waals surface area (Å²) in [5.74, 6) is 1.27. The van der Waals surface area contributed by atoms with Crippen molar-refractivity contribution in [3.8, 4) is 39.6 Å². The third-order valence-corrected chi connectivity index (χ3v) is 10.8. The lowest BCUT2D eigenvalue weighted by atomic mass is 10.0. The molecular weight excluding hydrogens is 663 g/mol. The van der Waals surface area contributed by atoms with E-state index in [0.29, 0.717) is 67.5 Å². The average molecular weight is 700 g/mol. The van der Waals surface area contributed by atoms with E-state index < -0.39 is 0 Å². The van der Waals surface area contributed by atoms with Gasteiger partial charge in [0, 0.05) is 84.0 Å². The molecule has 1 amide bonds. The summed E-state index contributed by atoms with van der Waals surface area (Å²) in [6.45, 7) is 5.77. The number of benzene rings is 2. The number of rotatable bonds is 9. The van der Waals surface area contributed by atoms with Crippen molar-refractivity contribution in [3.63, 3.8) is 0 Å². The molecule has 2 atom stereocenters. The maximum Gasteiger partial charge on any atom is 0.247 e. The van der Waals surface area contributed by atoms with Crippen LogP contribution in [0, 0.1) is 0 Å². The number of likely N-dealkylation sites (tertiary alicyclic amines) is 1. The molecule has 1 saturated carbocycles. The van der Waals surface area contributed by atoms with Crippen molar-refractivity contribution in [1.29, 1.82) is 0 Å². The molecule has 2 aromatic carbocycles. The number of carbonyl (C=O) groups excluding carboxylic acids is 1. The van der Waals surface area contributed by atoms with Crippen LogP contribution in [0.3, 0.4) is 0 Å². The molecular formula is C37H36Cl2N6O4. The summed E-state index contributed by atoms with van der Waals surface area (Å²) in [5, 5.41) is 4.63. The van der Waals surface area contributed by atoms with Crippen molar-refractivity contribution in [2.24, 2.45) is 0 Å². The quantitative estimate of drug-likeness (QED) is 0.158. The van der Waals surface area contributed by atoms with Gasteiger partial charge in [0.15, 0.2) is 0 Å². The molecule has 5 heterocycles. The predicted octanol–water partition coefficient (Wildman–Crippen LogP) is 7.49. The maximum absolute atomic E-state index is 12.8. The number of amides is 1. The zero-order chi connectivity index (χ0) is 34.0. The minimum atomic E-state index is -0.271. The van der Waals surface area contributed by atoms with Gasteiger partial charge in [-0.05, 0) is 50.0 Å². The summed E-state index contributed by atoms with van der Waals surface area (Å²) in [5.41, 5.74) is 5.85. The van der Waals surface area contributed by atoms with E-state index in [1.807, 2.05) is 34.9 Å². The van der Waals surface area contributed by atoms with Gasteiger partial charge in [-0.25, -0.2) is 4.98 Å². The van der Waals surface area contributed by atoms with Crippen LogP contribution in [-0.4, -0.2) is 77.7 Å². The van der Waals surface area contributed by atoms with Crippen molar-refractivity contribution >= 4 is 57.0 Å². The molecule has 3 aromatic heterocycles. The van der Waals surface area contributed by atoms with Crippen molar-refractivity contribution in [2.45, 2.75) is 43.8 Å². The van der Waals surface area contributed by atoms with E-state index in [1.165, 1.54) is 18.9 Å². The maximum atomic E-state index is 12.8. The first kappa shape index (κ1) is 31.7. The monoisotopic (exact) mass is 698 g/mol. The van der Waals surface area contributed by atoms with Crippen LogP contribution >= 0.6 is 23.2 Å². The highest BCUT2D eigenvalue weighted by atomic mass is 35.5. The highest BCUT2D eigenvalue weighted by Crippen LogP contribution is 2.49. The number of ether oxygens (including phenoxy) is 3. The number of nitrogens with zero attached hydrogens (tertiary/aromatic N) is 5. The second-order valence-electron chi connectivity index (χ2n) is 12.8. The minimum absolute atomic E-state index is 0.271. The molecule has 3 fully saturated rings. The van der Waals surface area contributed by atoms with E-state index >= 15 is 0 Å². The zero-order valence-corrected chi connectivity index (χ0v) is 29.0. The second-order valence-corrected chi connectivity index (χ2v) is 13.6. The normalized spacial score (nSPS) is 19.0. The molecule has 1 N–H and O–H groups in total. The number of hydrogen-bond donors (Lipinski definition) is 1. The topological polar surface area (TPSA) is 93.5 Å². The van der Waals surface area contributed by atoms with Gasteiger partial charge in [0.1, 0.15) is 22.9 Å². The molecule has 10 nitrogen and oxygen atoms in total. The molecule has 49 heavy (non-hydrogen) atoms. The fourth-order valence-electron chi connectivity index (χ4n) is 7.65. The minimum Gasteiger partial charge on any atom is -0.496 e. The van der Waals surface area contributed by atoms with Crippen LogP contribution in [0.4, 0.5) is 11.4 Å². The number of nitrogens with one attached hydrogen (secondary N) is 1. The molecule has 2 unspecified atom stereocenters. The highest BCUT2D eigenvalue weighted by Gasteiger charge is 2.45. The third-order valence-electron chi connectivity index (χ3n) is 10.1. The Labute approximate surface area is 294 Å². The van der Waals surface area contributed by atoms with Crippen LogP contribution in [0.25, 0.3) is 38.9 Å². The van der Waals surface area contributed by atoms with Crippen LogP contribution < -0.4 is 24.4 Å². The molecule has 2 bridgehead atoms. The Morgan fingerprint density at radius 1 is 0.878 bits per heavy atom. The Hall–Kier alpha value is -4.51. The molecule has 2 aliphatic heterocycles. The van der Waals surface area contributed by atoms with Gasteiger partial charge in [-0.3, -0.25) is 19.1 Å². The van der Waals surface area contributed by atoms with Gasteiger partial charge in [0.05, 0.1) is 54.0 Å². The van der Waals surface area contributed by atoms with Gasteiger partial charge in [-0.2, -0.15) is 0 Å². The molecule has 3 aliphatic rings. The van der Waals surface area contributed by atoms with Crippen LogP contribution in [0.15, 0.2) is 61.6 Å². The van der Waals surface area contributed by atoms with Gasteiger partial charge >= 0.3 is 0 Å². The molecule has 1 aliphatic carbocycles. The third kappa shape index (κ3) is 5.33. The number of anilines is 2. The summed E-state index contributed by atoms with van der Waals surface area (Å²) in [6, 6.07) is 11.1. The van der Waals surface area contributed by atoms with Gasteiger partial charge in [-0.1, -0.05) is 29.8 Å². The first-order valence-electron chi connectivity index (χ1n) is 16.4. The summed E-state index contributed by atoms with van der Waals surface area (Å²) in [7, 11) is 4.76. The molecule has 12 heteroatoms. The Morgan fingerprint density at radius 2 is 1.55 bits per heavy atom. The van der Waals surface area contributed by atoms with Gasteiger partial charge in [-0.15, -0.1) is 0 Å². The number of pyridine rings is 2. The van der Waals surface area contributed by atoms with Crippen molar-refractivity contribution in [2.75, 3.05) is 44.6 Å². The van der Waals surface area contributed by atoms with Crippen LogP contribution in [0.5, 0.6) is 17.2 Å². The lowest BCUT2D eigenvalue weighted by Crippen LogP contribution is -2.54. The Bertz CT molecular complexity index is 2110. The van der Waals surface area contributed by atoms with Crippen LogP contribution in [0.2, 0.25) is 10.0 Å². The van der Waals surface area contributed by atoms with Crippen LogP contribution in [0.1, 0.15) is 25.7 Å². The van der Waals surface area contributed by atoms with Crippen molar-refractivity contribution in [1.82, 2.24) is 19.3 Å². The van der Waals surface area contributed by atoms with Crippen molar-refractivity contribution in [3.05, 3.63) is 71.6 Å². The number of piperazine rings is 1. The molecule has 252 valence electrons. The SMILES string of the molecule is C=CC(=O)Nc1cc(-c2cc3c(cn2)cc(-c2c(Cl)c(OC)cc(OC)c2Cl)c2nccn23)c(OC)cc1N1C2CCC1CN(C1CC1)C2. The molecule has 0 spiro atoms. The lowest BCUT2D eigenvalue weighted by molar-refractivity contribution is -0.111. The van der Waals surface area contributed by atoms with E-state index in [4.69, 9.17) is 42.4 Å². The van der Waals surface area contributed by atoms with Gasteiger partial charge in [0.25, 0.3) is 0 Å². The van der Waals surface area contributed by atoms with E-state index in [9.17, 15) is 4.79 Å². The molecule has 0 radical (unpaired) electrons. The lowest BCUT2D eigenvalue weighted by Gasteiger charge is -2.43. The predicted molar refractivity (Wildman–Crippen MR) is 194 cm³/mol. The van der Waals surface area contributed by atoms with Gasteiger partial charge < -0.3 is 24.4 Å². The number of hydrogen-bond acceptors (Lipinski definition) is 8. The van der Waals surface area contributed by atoms with E-state index in [0.717, 1.165) is 54.1 Å². The first-order chi connectivity index (χ1) is 23.8. The van der Waals surface area contributed by atoms with Crippen LogP contribution in [-0.2, 0) is 4.79 Å². The molecule has 2 saturated heterocycles. The number of aromatic nitrogens is 3. The van der Waals surface area contributed by atoms with Crippen molar-refractivity contribution < 1.29 is 19.0 Å². The summed E-state index contributed by atoms with van der Waals surface area (Å²) in [6.07, 6.45) is 11.6. The second kappa shape index (κ2) is 12.4. The Morgan fingerprint density at radius 3 is 2.18 bits per heavy atom. The standard InChI is InChI=1S/C37H36Cl2N6O4/c1-5-33(46)42-27-13-24(30(47-2)15-29(27)45-22-8-9-23(45)19-43(18-22)21-6-7-21)26-14-28-20(17-41-26)12-25(37-40-10-11-44(28)37)34-35(38)31(48-3)16-32(49-4)36(34)39/h5,10-17,21-23H,1,6-9,18-19H2,2-4H3,(H,42,46). The summed E-state index contributed by atoms with van der Waals surface area (Å²) < 4.78 is 19.1. The number of methoxy groups -OCH3 is 3. The first-order valence-corrected chi connectivity index (χ1v) is 17.1. The fourth-order valence-corrected chi connectivity index (χ4v) is 8.35. The molecule has 5 aromatic rings. The average Bonchev–Trinajstić information content (AvgIpc) is 3.79. The number of carbonyl (C=O) groups is 1. The number of imidazole rings is 1. The van der Waals surface area contributed by atoms with E-state index in [1.54, 1.807) is 39.8 Å². The Balaban J connectivity index is 1.25. The summed E-state index contributed by atoms with van der Waals surface area (Å²) >= 11 is 13.7. The van der Waals surface area contributed by atoms with E-state index in [2.05, 4.69) is 26.7 Å². The fraction of sp³-hybridized carbons (Fsp3) is 0.324. The summed E-state index contributed by atoms with van der Waals surface area (Å²) in [4.78, 5) is 27.5. The Kier molecular flexibility index (Phi) is 8.05.